The molecule has 1 aromatic rings. The van der Waals surface area contributed by atoms with Gasteiger partial charge in [-0.3, -0.25) is 0 Å². The summed E-state index contributed by atoms with van der Waals surface area (Å²) >= 11 is 0. The SMILES string of the molecule is CCCC(CC)NCc1cc(C)cc(C)c1. The second-order valence-corrected chi connectivity index (χ2v) is 4.77. The molecule has 1 N–H and O–H groups in total. The van der Waals surface area contributed by atoms with E-state index < -0.39 is 0 Å². The zero-order valence-corrected chi connectivity index (χ0v) is 11.1. The summed E-state index contributed by atoms with van der Waals surface area (Å²) < 4.78 is 0. The Morgan fingerprint density at radius 1 is 1.06 bits per heavy atom. The molecule has 0 spiro atoms. The third-order valence-corrected chi connectivity index (χ3v) is 3.01. The average molecular weight is 219 g/mol. The van der Waals surface area contributed by atoms with Crippen molar-refractivity contribution in [1.82, 2.24) is 5.32 Å². The molecule has 0 aromatic heterocycles. The van der Waals surface area contributed by atoms with Gasteiger partial charge in [0.1, 0.15) is 0 Å². The monoisotopic (exact) mass is 219 g/mol. The number of benzene rings is 1. The number of nitrogens with one attached hydrogen (secondary N) is 1. The lowest BCUT2D eigenvalue weighted by molar-refractivity contribution is 0.462. The third-order valence-electron chi connectivity index (χ3n) is 3.01. The second kappa shape index (κ2) is 6.70. The number of hydrogen-bond acceptors (Lipinski definition) is 1. The van der Waals surface area contributed by atoms with Crippen molar-refractivity contribution in [3.8, 4) is 0 Å². The lowest BCUT2D eigenvalue weighted by Gasteiger charge is -2.16. The van der Waals surface area contributed by atoms with E-state index in [2.05, 4.69) is 51.2 Å². The zero-order valence-electron chi connectivity index (χ0n) is 11.1. The van der Waals surface area contributed by atoms with Crippen LogP contribution in [0.1, 0.15) is 49.8 Å². The molecule has 1 aromatic carbocycles. The first-order chi connectivity index (χ1) is 7.65. The van der Waals surface area contributed by atoms with Gasteiger partial charge in [0.25, 0.3) is 0 Å². The second-order valence-electron chi connectivity index (χ2n) is 4.77. The van der Waals surface area contributed by atoms with E-state index in [1.54, 1.807) is 0 Å². The third kappa shape index (κ3) is 4.36. The fourth-order valence-electron chi connectivity index (χ4n) is 2.23. The molecule has 0 bridgehead atoms. The summed E-state index contributed by atoms with van der Waals surface area (Å²) in [5.41, 5.74) is 4.13. The smallest absolute Gasteiger partial charge is 0.0208 e. The maximum absolute atomic E-state index is 3.64. The van der Waals surface area contributed by atoms with E-state index in [0.717, 1.165) is 6.54 Å². The van der Waals surface area contributed by atoms with Crippen molar-refractivity contribution in [2.45, 2.75) is 59.5 Å². The van der Waals surface area contributed by atoms with Gasteiger partial charge in [-0.15, -0.1) is 0 Å². The summed E-state index contributed by atoms with van der Waals surface area (Å²) in [6.07, 6.45) is 3.76. The fraction of sp³-hybridized carbons (Fsp3) is 0.600. The van der Waals surface area contributed by atoms with Crippen LogP contribution in [-0.4, -0.2) is 6.04 Å². The van der Waals surface area contributed by atoms with Gasteiger partial charge in [0, 0.05) is 12.6 Å². The highest BCUT2D eigenvalue weighted by Crippen LogP contribution is 2.10. The summed E-state index contributed by atoms with van der Waals surface area (Å²) in [5, 5.41) is 3.64. The van der Waals surface area contributed by atoms with Gasteiger partial charge in [-0.1, -0.05) is 49.6 Å². The van der Waals surface area contributed by atoms with Gasteiger partial charge in [-0.05, 0) is 32.3 Å². The highest BCUT2D eigenvalue weighted by atomic mass is 14.9. The molecule has 1 unspecified atom stereocenters. The molecular formula is C15H25N. The van der Waals surface area contributed by atoms with Crippen LogP contribution >= 0.6 is 0 Å². The summed E-state index contributed by atoms with van der Waals surface area (Å²) in [6.45, 7) is 9.84. The summed E-state index contributed by atoms with van der Waals surface area (Å²) in [7, 11) is 0. The molecule has 0 aliphatic rings. The minimum Gasteiger partial charge on any atom is -0.310 e. The van der Waals surface area contributed by atoms with Crippen molar-refractivity contribution in [3.05, 3.63) is 34.9 Å². The molecule has 0 saturated carbocycles. The first-order valence-electron chi connectivity index (χ1n) is 6.46. The van der Waals surface area contributed by atoms with Crippen molar-refractivity contribution in [3.63, 3.8) is 0 Å². The Bertz CT molecular complexity index is 297. The molecular weight excluding hydrogens is 194 g/mol. The molecule has 1 atom stereocenters. The van der Waals surface area contributed by atoms with Crippen LogP contribution in [0.15, 0.2) is 18.2 Å². The first kappa shape index (κ1) is 13.2. The van der Waals surface area contributed by atoms with Crippen LogP contribution < -0.4 is 5.32 Å². The van der Waals surface area contributed by atoms with Crippen LogP contribution in [0.5, 0.6) is 0 Å². The highest BCUT2D eigenvalue weighted by molar-refractivity contribution is 5.28. The van der Waals surface area contributed by atoms with Crippen molar-refractivity contribution >= 4 is 0 Å². The predicted octanol–water partition coefficient (Wildman–Crippen LogP) is 3.97. The van der Waals surface area contributed by atoms with E-state index in [-0.39, 0.29) is 0 Å². The quantitative estimate of drug-likeness (QED) is 0.763. The molecule has 0 heterocycles. The average Bonchev–Trinajstić information content (AvgIpc) is 2.23. The van der Waals surface area contributed by atoms with Crippen molar-refractivity contribution in [2.24, 2.45) is 0 Å². The van der Waals surface area contributed by atoms with E-state index in [4.69, 9.17) is 0 Å². The van der Waals surface area contributed by atoms with Crippen LogP contribution in [-0.2, 0) is 6.54 Å². The van der Waals surface area contributed by atoms with Crippen molar-refractivity contribution < 1.29 is 0 Å². The largest absolute Gasteiger partial charge is 0.310 e. The van der Waals surface area contributed by atoms with Crippen LogP contribution in [0.3, 0.4) is 0 Å². The Balaban J connectivity index is 2.52. The minimum atomic E-state index is 0.672. The Morgan fingerprint density at radius 3 is 2.19 bits per heavy atom. The summed E-state index contributed by atoms with van der Waals surface area (Å²) in [4.78, 5) is 0. The topological polar surface area (TPSA) is 12.0 Å². The minimum absolute atomic E-state index is 0.672. The van der Waals surface area contributed by atoms with Crippen molar-refractivity contribution in [2.75, 3.05) is 0 Å². The van der Waals surface area contributed by atoms with Gasteiger partial charge in [-0.2, -0.15) is 0 Å². The lowest BCUT2D eigenvalue weighted by atomic mass is 10.1. The van der Waals surface area contributed by atoms with Crippen LogP contribution in [0, 0.1) is 13.8 Å². The molecule has 16 heavy (non-hydrogen) atoms. The molecule has 90 valence electrons. The molecule has 0 aliphatic carbocycles. The molecule has 1 rings (SSSR count). The van der Waals surface area contributed by atoms with E-state index in [1.165, 1.54) is 36.0 Å². The van der Waals surface area contributed by atoms with Crippen LogP contribution in [0.4, 0.5) is 0 Å². The van der Waals surface area contributed by atoms with Gasteiger partial charge in [0.15, 0.2) is 0 Å². The van der Waals surface area contributed by atoms with Gasteiger partial charge in [0.05, 0.1) is 0 Å². The molecule has 0 fully saturated rings. The maximum atomic E-state index is 3.64. The molecule has 0 radical (unpaired) electrons. The number of aryl methyl sites for hydroxylation is 2. The molecule has 0 aliphatic heterocycles. The van der Waals surface area contributed by atoms with Crippen molar-refractivity contribution in [1.29, 1.82) is 0 Å². The fourth-order valence-corrected chi connectivity index (χ4v) is 2.23. The Labute approximate surface area is 100 Å². The van der Waals surface area contributed by atoms with E-state index in [9.17, 15) is 0 Å². The van der Waals surface area contributed by atoms with Crippen LogP contribution in [0.25, 0.3) is 0 Å². The Morgan fingerprint density at radius 2 is 1.69 bits per heavy atom. The first-order valence-corrected chi connectivity index (χ1v) is 6.46. The molecule has 0 amide bonds. The normalized spacial score (nSPS) is 12.8. The highest BCUT2D eigenvalue weighted by Gasteiger charge is 2.04. The van der Waals surface area contributed by atoms with Gasteiger partial charge in [-0.25, -0.2) is 0 Å². The molecule has 1 heteroatoms. The predicted molar refractivity (Wildman–Crippen MR) is 71.7 cm³/mol. The summed E-state index contributed by atoms with van der Waals surface area (Å²) in [5.74, 6) is 0. The Hall–Kier alpha value is -0.820. The number of hydrogen-bond donors (Lipinski definition) is 1. The van der Waals surface area contributed by atoms with Gasteiger partial charge in [0.2, 0.25) is 0 Å². The number of rotatable bonds is 6. The zero-order chi connectivity index (χ0) is 12.0. The van der Waals surface area contributed by atoms with E-state index >= 15 is 0 Å². The Kier molecular flexibility index (Phi) is 5.54. The van der Waals surface area contributed by atoms with E-state index in [0.29, 0.717) is 6.04 Å². The summed E-state index contributed by atoms with van der Waals surface area (Å²) in [6, 6.07) is 7.45. The van der Waals surface area contributed by atoms with Gasteiger partial charge >= 0.3 is 0 Å². The standard InChI is InChI=1S/C15H25N/c1-5-7-15(6-2)16-11-14-9-12(3)8-13(4)10-14/h8-10,15-16H,5-7,11H2,1-4H3. The molecule has 0 saturated heterocycles. The van der Waals surface area contributed by atoms with E-state index in [1.807, 2.05) is 0 Å². The van der Waals surface area contributed by atoms with Gasteiger partial charge < -0.3 is 5.32 Å². The van der Waals surface area contributed by atoms with Crippen LogP contribution in [0.2, 0.25) is 0 Å². The maximum Gasteiger partial charge on any atom is 0.0208 e. The molecule has 1 nitrogen and oxygen atoms in total. The lowest BCUT2D eigenvalue weighted by Crippen LogP contribution is -2.27.